The molecule has 1 aromatic carbocycles. The number of benzene rings is 1. The maximum atomic E-state index is 2.37. The number of hydrogen-bond acceptors (Lipinski definition) is 0. The first-order valence-electron chi connectivity index (χ1n) is 6.25. The van der Waals surface area contributed by atoms with Crippen molar-refractivity contribution >= 4 is 5.57 Å². The molecule has 0 aromatic heterocycles. The highest BCUT2D eigenvalue weighted by atomic mass is 14.3. The molecular formula is C16H18. The molecule has 0 amide bonds. The lowest BCUT2D eigenvalue weighted by Crippen LogP contribution is -2.16. The van der Waals surface area contributed by atoms with Crippen molar-refractivity contribution < 1.29 is 0 Å². The predicted octanol–water partition coefficient (Wildman–Crippen LogP) is 4.23. The molecule has 0 aliphatic heterocycles. The van der Waals surface area contributed by atoms with Gasteiger partial charge < -0.3 is 0 Å². The molecule has 16 heavy (non-hydrogen) atoms. The summed E-state index contributed by atoms with van der Waals surface area (Å²) in [5, 5.41) is 0. The number of rotatable bonds is 0. The average Bonchev–Trinajstić information content (AvgIpc) is 2.29. The Labute approximate surface area is 97.7 Å². The van der Waals surface area contributed by atoms with Crippen LogP contribution >= 0.6 is 0 Å². The Morgan fingerprint density at radius 3 is 2.75 bits per heavy atom. The molecule has 2 aliphatic carbocycles. The first-order chi connectivity index (χ1) is 7.75. The molecule has 0 N–H and O–H groups in total. The van der Waals surface area contributed by atoms with Crippen LogP contribution in [0.3, 0.4) is 0 Å². The summed E-state index contributed by atoms with van der Waals surface area (Å²) in [6.07, 6.45) is 7.15. The van der Waals surface area contributed by atoms with Crippen LogP contribution in [0.4, 0.5) is 0 Å². The van der Waals surface area contributed by atoms with Crippen molar-refractivity contribution in [2.45, 2.75) is 26.7 Å². The zero-order chi connectivity index (χ0) is 11.1. The summed E-state index contributed by atoms with van der Waals surface area (Å²) < 4.78 is 0. The fraction of sp³-hybridized carbons (Fsp3) is 0.375. The molecule has 0 bridgehead atoms. The van der Waals surface area contributed by atoms with Crippen molar-refractivity contribution in [3.05, 3.63) is 53.1 Å². The third kappa shape index (κ3) is 1.44. The molecule has 1 aromatic rings. The molecule has 82 valence electrons. The molecule has 0 heteroatoms. The Kier molecular flexibility index (Phi) is 2.24. The maximum Gasteiger partial charge on any atom is -0.0147 e. The third-order valence-corrected chi connectivity index (χ3v) is 3.88. The standard InChI is InChI=1S/C16H18/c1-11-7-8-14-12(2)10-13-5-3-4-6-15(13)16(14)9-11/h3-8,11-12H,9-10H2,1-2H3. The monoisotopic (exact) mass is 210 g/mol. The molecule has 3 rings (SSSR count). The van der Waals surface area contributed by atoms with E-state index in [9.17, 15) is 0 Å². The Balaban J connectivity index is 2.17. The van der Waals surface area contributed by atoms with Crippen LogP contribution in [0, 0.1) is 11.8 Å². The highest BCUT2D eigenvalue weighted by molar-refractivity contribution is 5.76. The topological polar surface area (TPSA) is 0 Å². The van der Waals surface area contributed by atoms with Gasteiger partial charge in [0.25, 0.3) is 0 Å². The fourth-order valence-electron chi connectivity index (χ4n) is 3.04. The minimum absolute atomic E-state index is 0.689. The highest BCUT2D eigenvalue weighted by Gasteiger charge is 2.25. The molecule has 0 radical (unpaired) electrons. The third-order valence-electron chi connectivity index (χ3n) is 3.88. The zero-order valence-corrected chi connectivity index (χ0v) is 10.0. The Hall–Kier alpha value is -1.30. The van der Waals surface area contributed by atoms with E-state index in [0.29, 0.717) is 11.8 Å². The van der Waals surface area contributed by atoms with Crippen molar-refractivity contribution in [1.82, 2.24) is 0 Å². The van der Waals surface area contributed by atoms with E-state index in [4.69, 9.17) is 0 Å². The van der Waals surface area contributed by atoms with Gasteiger partial charge in [-0.1, -0.05) is 50.3 Å². The van der Waals surface area contributed by atoms with E-state index >= 15 is 0 Å². The van der Waals surface area contributed by atoms with Gasteiger partial charge in [-0.3, -0.25) is 0 Å². The number of allylic oxidation sites excluding steroid dienone is 4. The maximum absolute atomic E-state index is 2.37. The lowest BCUT2D eigenvalue weighted by molar-refractivity contribution is 0.650. The van der Waals surface area contributed by atoms with Gasteiger partial charge in [0.05, 0.1) is 0 Å². The van der Waals surface area contributed by atoms with Crippen LogP contribution < -0.4 is 0 Å². The molecule has 2 atom stereocenters. The molecule has 2 unspecified atom stereocenters. The quantitative estimate of drug-likeness (QED) is 0.601. The van der Waals surface area contributed by atoms with Gasteiger partial charge in [0.2, 0.25) is 0 Å². The number of hydrogen-bond donors (Lipinski definition) is 0. The summed E-state index contributed by atoms with van der Waals surface area (Å²) in [5.74, 6) is 1.38. The minimum Gasteiger partial charge on any atom is -0.0811 e. The van der Waals surface area contributed by atoms with Gasteiger partial charge in [0.15, 0.2) is 0 Å². The molecule has 2 aliphatic rings. The van der Waals surface area contributed by atoms with E-state index in [0.717, 1.165) is 0 Å². The average molecular weight is 210 g/mol. The van der Waals surface area contributed by atoms with Gasteiger partial charge in [-0.15, -0.1) is 0 Å². The summed E-state index contributed by atoms with van der Waals surface area (Å²) in [4.78, 5) is 0. The van der Waals surface area contributed by atoms with Gasteiger partial charge in [-0.05, 0) is 47.0 Å². The SMILES string of the molecule is CC1C=CC2=C(C1)c1ccccc1CC2C. The molecule has 0 nitrogen and oxygen atoms in total. The van der Waals surface area contributed by atoms with Gasteiger partial charge in [-0.2, -0.15) is 0 Å². The molecule has 0 heterocycles. The van der Waals surface area contributed by atoms with Crippen molar-refractivity contribution in [3.63, 3.8) is 0 Å². The first kappa shape index (κ1) is 9.89. The fourth-order valence-corrected chi connectivity index (χ4v) is 3.04. The Bertz CT molecular complexity index is 477. The normalized spacial score (nSPS) is 27.6. The van der Waals surface area contributed by atoms with E-state index in [1.165, 1.54) is 24.0 Å². The van der Waals surface area contributed by atoms with E-state index in [1.54, 1.807) is 11.1 Å². The molecular weight excluding hydrogens is 192 g/mol. The second-order valence-corrected chi connectivity index (χ2v) is 5.24. The second-order valence-electron chi connectivity index (χ2n) is 5.24. The van der Waals surface area contributed by atoms with Crippen LogP contribution in [0.2, 0.25) is 0 Å². The van der Waals surface area contributed by atoms with E-state index in [1.807, 2.05) is 0 Å². The number of fused-ring (bicyclic) bond motifs is 2. The smallest absolute Gasteiger partial charge is 0.0147 e. The van der Waals surface area contributed by atoms with Crippen molar-refractivity contribution in [2.24, 2.45) is 11.8 Å². The van der Waals surface area contributed by atoms with Gasteiger partial charge >= 0.3 is 0 Å². The van der Waals surface area contributed by atoms with E-state index < -0.39 is 0 Å². The van der Waals surface area contributed by atoms with Crippen LogP contribution in [-0.2, 0) is 6.42 Å². The summed E-state index contributed by atoms with van der Waals surface area (Å²) in [6, 6.07) is 8.92. The van der Waals surface area contributed by atoms with Crippen LogP contribution in [0.15, 0.2) is 42.0 Å². The van der Waals surface area contributed by atoms with E-state index in [2.05, 4.69) is 50.3 Å². The summed E-state index contributed by atoms with van der Waals surface area (Å²) in [5.41, 5.74) is 6.23. The van der Waals surface area contributed by atoms with Gasteiger partial charge in [-0.25, -0.2) is 0 Å². The van der Waals surface area contributed by atoms with Crippen LogP contribution in [0.25, 0.3) is 5.57 Å². The lowest BCUT2D eigenvalue weighted by Gasteiger charge is -2.30. The predicted molar refractivity (Wildman–Crippen MR) is 69.2 cm³/mol. The Morgan fingerprint density at radius 1 is 1.06 bits per heavy atom. The van der Waals surface area contributed by atoms with Gasteiger partial charge in [0, 0.05) is 0 Å². The molecule has 0 fully saturated rings. The van der Waals surface area contributed by atoms with Crippen molar-refractivity contribution in [3.8, 4) is 0 Å². The molecule has 0 saturated heterocycles. The van der Waals surface area contributed by atoms with Crippen LogP contribution in [0.1, 0.15) is 31.4 Å². The molecule has 0 spiro atoms. The first-order valence-corrected chi connectivity index (χ1v) is 6.25. The van der Waals surface area contributed by atoms with Crippen LogP contribution in [-0.4, -0.2) is 0 Å². The van der Waals surface area contributed by atoms with E-state index in [-0.39, 0.29) is 0 Å². The lowest BCUT2D eigenvalue weighted by atomic mass is 9.74. The zero-order valence-electron chi connectivity index (χ0n) is 10.0. The summed E-state index contributed by atoms with van der Waals surface area (Å²) >= 11 is 0. The Morgan fingerprint density at radius 2 is 1.88 bits per heavy atom. The van der Waals surface area contributed by atoms with Crippen molar-refractivity contribution in [2.75, 3.05) is 0 Å². The largest absolute Gasteiger partial charge is 0.0811 e. The van der Waals surface area contributed by atoms with Crippen LogP contribution in [0.5, 0.6) is 0 Å². The van der Waals surface area contributed by atoms with Crippen molar-refractivity contribution in [1.29, 1.82) is 0 Å². The second kappa shape index (κ2) is 3.62. The highest BCUT2D eigenvalue weighted by Crippen LogP contribution is 2.41. The minimum atomic E-state index is 0.689. The summed E-state index contributed by atoms with van der Waals surface area (Å²) in [7, 11) is 0. The van der Waals surface area contributed by atoms with Gasteiger partial charge in [0.1, 0.15) is 0 Å². The molecule has 0 saturated carbocycles. The summed E-state index contributed by atoms with van der Waals surface area (Å²) in [6.45, 7) is 4.66.